The first kappa shape index (κ1) is 20.8. The van der Waals surface area contributed by atoms with Crippen molar-refractivity contribution >= 4 is 29.0 Å². The average Bonchev–Trinajstić information content (AvgIpc) is 3.40. The normalized spacial score (nSPS) is 17.6. The number of rotatable bonds is 4. The second kappa shape index (κ2) is 9.20. The zero-order valence-electron chi connectivity index (χ0n) is 17.9. The topological polar surface area (TPSA) is 65.7 Å². The summed E-state index contributed by atoms with van der Waals surface area (Å²) in [6, 6.07) is 15.5. The van der Waals surface area contributed by atoms with Gasteiger partial charge in [-0.1, -0.05) is 11.6 Å². The van der Waals surface area contributed by atoms with Crippen LogP contribution >= 0.6 is 11.6 Å². The number of piperazine rings is 1. The predicted molar refractivity (Wildman–Crippen MR) is 125 cm³/mol. The Morgan fingerprint density at radius 2 is 1.62 bits per heavy atom. The minimum atomic E-state index is 0.0867. The van der Waals surface area contributed by atoms with Gasteiger partial charge >= 0.3 is 0 Å². The Hall–Kier alpha value is -3.06. The van der Waals surface area contributed by atoms with Crippen LogP contribution in [0.1, 0.15) is 12.8 Å². The van der Waals surface area contributed by atoms with Crippen LogP contribution in [0.2, 0.25) is 5.02 Å². The second-order valence-electron chi connectivity index (χ2n) is 8.30. The van der Waals surface area contributed by atoms with Gasteiger partial charge in [0.15, 0.2) is 11.6 Å². The summed E-state index contributed by atoms with van der Waals surface area (Å²) < 4.78 is 5.37. The van der Waals surface area contributed by atoms with Gasteiger partial charge in [-0.3, -0.25) is 4.79 Å². The number of hydrogen-bond donors (Lipinski definition) is 0. The number of aromatic nitrogens is 2. The molecule has 7 nitrogen and oxygen atoms in total. The molecule has 0 atom stereocenters. The van der Waals surface area contributed by atoms with Crippen LogP contribution < -0.4 is 9.80 Å². The van der Waals surface area contributed by atoms with Gasteiger partial charge in [-0.15, -0.1) is 10.2 Å². The first-order valence-electron chi connectivity index (χ1n) is 11.1. The third-order valence-corrected chi connectivity index (χ3v) is 6.63. The summed E-state index contributed by atoms with van der Waals surface area (Å²) in [6.45, 7) is 4.86. The van der Waals surface area contributed by atoms with Gasteiger partial charge in [-0.25, -0.2) is 0 Å². The van der Waals surface area contributed by atoms with E-state index in [0.717, 1.165) is 74.3 Å². The van der Waals surface area contributed by atoms with E-state index in [-0.39, 0.29) is 5.92 Å². The Bertz CT molecular complexity index is 1020. The Balaban J connectivity index is 1.12. The molecule has 0 saturated carbocycles. The Kier molecular flexibility index (Phi) is 5.99. The molecule has 1 aromatic carbocycles. The maximum atomic E-state index is 13.1. The molecule has 2 fully saturated rings. The van der Waals surface area contributed by atoms with Gasteiger partial charge in [0.2, 0.25) is 5.91 Å². The Morgan fingerprint density at radius 3 is 2.25 bits per heavy atom. The molecule has 0 unspecified atom stereocenters. The molecule has 0 N–H and O–H groups in total. The van der Waals surface area contributed by atoms with Crippen molar-refractivity contribution in [3.63, 3.8) is 0 Å². The number of carbonyl (C=O) groups is 1. The fourth-order valence-corrected chi connectivity index (χ4v) is 4.63. The van der Waals surface area contributed by atoms with Gasteiger partial charge in [0.1, 0.15) is 5.69 Å². The van der Waals surface area contributed by atoms with Gasteiger partial charge in [-0.2, -0.15) is 0 Å². The van der Waals surface area contributed by atoms with Crippen LogP contribution in [0.15, 0.2) is 59.2 Å². The lowest BCUT2D eigenvalue weighted by molar-refractivity contribution is -0.136. The van der Waals surface area contributed by atoms with Crippen LogP contribution in [0.3, 0.4) is 0 Å². The summed E-state index contributed by atoms with van der Waals surface area (Å²) in [7, 11) is 0. The first-order chi connectivity index (χ1) is 15.7. The molecule has 1 amide bonds. The highest BCUT2D eigenvalue weighted by Crippen LogP contribution is 2.26. The average molecular weight is 452 g/mol. The van der Waals surface area contributed by atoms with Gasteiger partial charge in [-0.05, 0) is 61.4 Å². The van der Waals surface area contributed by atoms with Gasteiger partial charge in [0.05, 0.1) is 6.26 Å². The SMILES string of the molecule is O=C(C1CCN(c2ccc(-c3ccco3)nn2)CC1)N1CCN(c2ccc(Cl)cc2)CC1. The third-order valence-electron chi connectivity index (χ3n) is 6.38. The minimum absolute atomic E-state index is 0.0867. The van der Waals surface area contributed by atoms with Crippen LogP contribution in [0.5, 0.6) is 0 Å². The molecule has 2 aliphatic heterocycles. The quantitative estimate of drug-likeness (QED) is 0.598. The summed E-state index contributed by atoms with van der Waals surface area (Å²) in [4.78, 5) is 19.6. The van der Waals surface area contributed by atoms with Crippen molar-refractivity contribution in [2.75, 3.05) is 49.1 Å². The molecule has 0 bridgehead atoms. The second-order valence-corrected chi connectivity index (χ2v) is 8.74. The van der Waals surface area contributed by atoms with E-state index in [0.29, 0.717) is 11.7 Å². The highest BCUT2D eigenvalue weighted by Gasteiger charge is 2.31. The number of piperidine rings is 1. The van der Waals surface area contributed by atoms with Crippen LogP contribution in [0.4, 0.5) is 11.5 Å². The highest BCUT2D eigenvalue weighted by atomic mass is 35.5. The van der Waals surface area contributed by atoms with Gasteiger partial charge in [0.25, 0.3) is 0 Å². The van der Waals surface area contributed by atoms with Crippen molar-refractivity contribution in [2.24, 2.45) is 5.92 Å². The molecule has 2 aliphatic rings. The number of nitrogens with zero attached hydrogens (tertiary/aromatic N) is 5. The summed E-state index contributed by atoms with van der Waals surface area (Å²) in [6.07, 6.45) is 3.32. The molecular formula is C24H26ClN5O2. The molecule has 2 aromatic heterocycles. The van der Waals surface area contributed by atoms with E-state index in [4.69, 9.17) is 16.0 Å². The maximum Gasteiger partial charge on any atom is 0.225 e. The predicted octanol–water partition coefficient (Wildman–Crippen LogP) is 3.96. The van der Waals surface area contributed by atoms with E-state index in [1.807, 2.05) is 53.4 Å². The van der Waals surface area contributed by atoms with E-state index < -0.39 is 0 Å². The van der Waals surface area contributed by atoms with Crippen molar-refractivity contribution < 1.29 is 9.21 Å². The summed E-state index contributed by atoms with van der Waals surface area (Å²) >= 11 is 5.99. The molecule has 2 saturated heterocycles. The largest absolute Gasteiger partial charge is 0.463 e. The molecular weight excluding hydrogens is 426 g/mol. The molecule has 0 aliphatic carbocycles. The lowest BCUT2D eigenvalue weighted by atomic mass is 9.95. The van der Waals surface area contributed by atoms with Crippen LogP contribution in [0, 0.1) is 5.92 Å². The minimum Gasteiger partial charge on any atom is -0.463 e. The first-order valence-corrected chi connectivity index (χ1v) is 11.5. The Labute approximate surface area is 192 Å². The van der Waals surface area contributed by atoms with Crippen molar-refractivity contribution in [1.29, 1.82) is 0 Å². The molecule has 4 heterocycles. The number of carbonyl (C=O) groups excluding carboxylic acids is 1. The summed E-state index contributed by atoms with van der Waals surface area (Å²) in [5, 5.41) is 9.40. The zero-order chi connectivity index (χ0) is 21.9. The van der Waals surface area contributed by atoms with E-state index in [2.05, 4.69) is 20.0 Å². The number of furan rings is 1. The lowest BCUT2D eigenvalue weighted by Gasteiger charge is -2.39. The van der Waals surface area contributed by atoms with Crippen LogP contribution in [-0.4, -0.2) is 60.3 Å². The molecule has 32 heavy (non-hydrogen) atoms. The van der Waals surface area contributed by atoms with Gasteiger partial charge in [0, 0.05) is 55.9 Å². The highest BCUT2D eigenvalue weighted by molar-refractivity contribution is 6.30. The van der Waals surface area contributed by atoms with E-state index in [1.165, 1.54) is 0 Å². The summed E-state index contributed by atoms with van der Waals surface area (Å²) in [5.41, 5.74) is 1.88. The number of anilines is 2. The zero-order valence-corrected chi connectivity index (χ0v) is 18.6. The van der Waals surface area contributed by atoms with E-state index in [9.17, 15) is 4.79 Å². The van der Waals surface area contributed by atoms with Crippen LogP contribution in [-0.2, 0) is 4.79 Å². The lowest BCUT2D eigenvalue weighted by Crippen LogP contribution is -2.51. The van der Waals surface area contributed by atoms with Gasteiger partial charge < -0.3 is 19.1 Å². The van der Waals surface area contributed by atoms with Crippen molar-refractivity contribution in [2.45, 2.75) is 12.8 Å². The molecule has 166 valence electrons. The van der Waals surface area contributed by atoms with E-state index in [1.54, 1.807) is 6.26 Å². The molecule has 8 heteroatoms. The number of amides is 1. The molecule has 5 rings (SSSR count). The Morgan fingerprint density at radius 1 is 0.875 bits per heavy atom. The fraction of sp³-hybridized carbons (Fsp3) is 0.375. The van der Waals surface area contributed by atoms with Crippen molar-refractivity contribution in [1.82, 2.24) is 15.1 Å². The van der Waals surface area contributed by atoms with E-state index >= 15 is 0 Å². The molecule has 0 radical (unpaired) electrons. The standard InChI is InChI=1S/C24H26ClN5O2/c25-19-3-5-20(6-4-19)28-13-15-30(16-14-28)24(31)18-9-11-29(12-10-18)23-8-7-21(26-27-23)22-2-1-17-32-22/h1-8,17-18H,9-16H2. The smallest absolute Gasteiger partial charge is 0.225 e. The fourth-order valence-electron chi connectivity index (χ4n) is 4.50. The molecule has 3 aromatic rings. The third kappa shape index (κ3) is 4.43. The monoisotopic (exact) mass is 451 g/mol. The van der Waals surface area contributed by atoms with Crippen LogP contribution in [0.25, 0.3) is 11.5 Å². The number of halogens is 1. The summed E-state index contributed by atoms with van der Waals surface area (Å²) in [5.74, 6) is 1.94. The molecule has 0 spiro atoms. The number of hydrogen-bond acceptors (Lipinski definition) is 6. The number of benzene rings is 1. The van der Waals surface area contributed by atoms with Crippen molar-refractivity contribution in [3.05, 3.63) is 59.8 Å². The maximum absolute atomic E-state index is 13.1. The van der Waals surface area contributed by atoms with Crippen molar-refractivity contribution in [3.8, 4) is 11.5 Å².